The number of para-hydroxylation sites is 1. The summed E-state index contributed by atoms with van der Waals surface area (Å²) in [6.07, 6.45) is 0. The summed E-state index contributed by atoms with van der Waals surface area (Å²) in [4.78, 5) is 23.9. The van der Waals surface area contributed by atoms with E-state index in [1.165, 1.54) is 24.3 Å². The molecule has 2 aromatic carbocycles. The van der Waals surface area contributed by atoms with Crippen LogP contribution in [0.3, 0.4) is 0 Å². The maximum Gasteiger partial charge on any atom is 0.387 e. The maximum absolute atomic E-state index is 12.3. The van der Waals surface area contributed by atoms with E-state index in [-0.39, 0.29) is 17.1 Å². The minimum atomic E-state index is -3.06. The van der Waals surface area contributed by atoms with Gasteiger partial charge in [-0.05, 0) is 19.1 Å². The molecule has 2 aromatic rings. The normalized spacial score (nSPS) is 10.4. The average Bonchev–Trinajstić information content (AvgIpc) is 2.53. The fourth-order valence-electron chi connectivity index (χ4n) is 1.87. The third-order valence-electron chi connectivity index (χ3n) is 3.03. The zero-order valence-corrected chi connectivity index (χ0v) is 12.3. The van der Waals surface area contributed by atoms with E-state index in [2.05, 4.69) is 4.74 Å². The number of rotatable bonds is 6. The maximum atomic E-state index is 12.3. The topological polar surface area (TPSA) is 52.6 Å². The first-order valence-corrected chi connectivity index (χ1v) is 6.78. The highest BCUT2D eigenvalue weighted by molar-refractivity contribution is 5.99. The number of halogens is 2. The molecule has 6 heteroatoms. The van der Waals surface area contributed by atoms with Crippen molar-refractivity contribution in [2.75, 3.05) is 6.61 Å². The lowest BCUT2D eigenvalue weighted by molar-refractivity contribution is -0.0504. The van der Waals surface area contributed by atoms with E-state index in [4.69, 9.17) is 4.74 Å². The zero-order valence-electron chi connectivity index (χ0n) is 12.3. The Kier molecular flexibility index (Phi) is 5.41. The smallest absolute Gasteiger partial charge is 0.387 e. The first kappa shape index (κ1) is 16.6. The predicted molar refractivity (Wildman–Crippen MR) is 78.9 cm³/mol. The number of ketones is 1. The van der Waals surface area contributed by atoms with Gasteiger partial charge < -0.3 is 9.47 Å². The van der Waals surface area contributed by atoms with Gasteiger partial charge in [-0.1, -0.05) is 42.0 Å². The molecule has 0 aromatic heterocycles. The number of ether oxygens (including phenoxy) is 2. The number of alkyl halides is 2. The van der Waals surface area contributed by atoms with E-state index in [1.54, 1.807) is 24.3 Å². The Morgan fingerprint density at radius 2 is 1.70 bits per heavy atom. The van der Waals surface area contributed by atoms with Crippen molar-refractivity contribution >= 4 is 11.8 Å². The molecule has 0 aliphatic rings. The van der Waals surface area contributed by atoms with Crippen LogP contribution in [0.15, 0.2) is 48.5 Å². The molecule has 0 bridgehead atoms. The number of esters is 1. The number of Topliss-reactive ketones (excluding diaryl/α,β-unsaturated/α-hetero) is 1. The van der Waals surface area contributed by atoms with Gasteiger partial charge in [-0.15, -0.1) is 0 Å². The summed E-state index contributed by atoms with van der Waals surface area (Å²) in [6.45, 7) is -1.66. The summed E-state index contributed by atoms with van der Waals surface area (Å²) < 4.78 is 33.7. The van der Waals surface area contributed by atoms with Crippen molar-refractivity contribution in [1.82, 2.24) is 0 Å². The van der Waals surface area contributed by atoms with E-state index in [1.807, 2.05) is 6.92 Å². The third kappa shape index (κ3) is 4.60. The van der Waals surface area contributed by atoms with Gasteiger partial charge in [0, 0.05) is 5.56 Å². The van der Waals surface area contributed by atoms with Gasteiger partial charge in [0.1, 0.15) is 11.3 Å². The monoisotopic (exact) mass is 320 g/mol. The summed E-state index contributed by atoms with van der Waals surface area (Å²) in [5, 5.41) is 0. The fourth-order valence-corrected chi connectivity index (χ4v) is 1.87. The Labute approximate surface area is 131 Å². The molecule has 0 unspecified atom stereocenters. The molecule has 23 heavy (non-hydrogen) atoms. The molecule has 0 aliphatic heterocycles. The highest BCUT2D eigenvalue weighted by Crippen LogP contribution is 2.21. The zero-order chi connectivity index (χ0) is 16.8. The molecule has 0 heterocycles. The van der Waals surface area contributed by atoms with Crippen LogP contribution in [0.5, 0.6) is 5.75 Å². The van der Waals surface area contributed by atoms with E-state index >= 15 is 0 Å². The van der Waals surface area contributed by atoms with Crippen molar-refractivity contribution < 1.29 is 27.8 Å². The van der Waals surface area contributed by atoms with E-state index in [9.17, 15) is 18.4 Å². The van der Waals surface area contributed by atoms with E-state index < -0.39 is 19.2 Å². The van der Waals surface area contributed by atoms with E-state index in [0.29, 0.717) is 5.56 Å². The quantitative estimate of drug-likeness (QED) is 0.602. The summed E-state index contributed by atoms with van der Waals surface area (Å²) in [5.74, 6) is -1.58. The molecule has 2 rings (SSSR count). The third-order valence-corrected chi connectivity index (χ3v) is 3.03. The molecule has 0 amide bonds. The van der Waals surface area contributed by atoms with Crippen LogP contribution in [-0.2, 0) is 4.74 Å². The van der Waals surface area contributed by atoms with Gasteiger partial charge in [0.2, 0.25) is 0 Å². The van der Waals surface area contributed by atoms with Crippen molar-refractivity contribution in [3.05, 3.63) is 65.2 Å². The summed E-state index contributed by atoms with van der Waals surface area (Å²) >= 11 is 0. The van der Waals surface area contributed by atoms with Gasteiger partial charge in [-0.25, -0.2) is 4.79 Å². The largest absolute Gasteiger partial charge is 0.454 e. The summed E-state index contributed by atoms with van der Waals surface area (Å²) in [7, 11) is 0. The molecule has 0 spiro atoms. The molecule has 0 N–H and O–H groups in total. The van der Waals surface area contributed by atoms with Crippen molar-refractivity contribution in [1.29, 1.82) is 0 Å². The lowest BCUT2D eigenvalue weighted by Crippen LogP contribution is -2.15. The number of carbonyl (C=O) groups is 2. The first-order valence-electron chi connectivity index (χ1n) is 6.78. The van der Waals surface area contributed by atoms with Gasteiger partial charge in [0.25, 0.3) is 0 Å². The fraction of sp³-hybridized carbons (Fsp3) is 0.176. The van der Waals surface area contributed by atoms with Crippen molar-refractivity contribution in [3.63, 3.8) is 0 Å². The van der Waals surface area contributed by atoms with Gasteiger partial charge in [-0.3, -0.25) is 4.79 Å². The second kappa shape index (κ2) is 7.49. The summed E-state index contributed by atoms with van der Waals surface area (Å²) in [6, 6.07) is 12.2. The average molecular weight is 320 g/mol. The molecule has 0 aliphatic carbocycles. The van der Waals surface area contributed by atoms with Crippen LogP contribution in [0.1, 0.15) is 26.3 Å². The number of hydrogen-bond donors (Lipinski definition) is 0. The van der Waals surface area contributed by atoms with Gasteiger partial charge >= 0.3 is 12.6 Å². The Morgan fingerprint density at radius 1 is 1.04 bits per heavy atom. The number of hydrogen-bond acceptors (Lipinski definition) is 4. The minimum absolute atomic E-state index is 0.162. The van der Waals surface area contributed by atoms with Crippen molar-refractivity contribution in [3.8, 4) is 5.75 Å². The van der Waals surface area contributed by atoms with Gasteiger partial charge in [0.15, 0.2) is 12.4 Å². The molecule has 0 fully saturated rings. The standard InChI is InChI=1S/C17H14F2O4/c1-11-6-8-12(9-7-11)14(20)10-22-16(21)13-4-2-3-5-15(13)23-17(18)19/h2-9,17H,10H2,1H3. The summed E-state index contributed by atoms with van der Waals surface area (Å²) in [5.41, 5.74) is 1.24. The molecular weight excluding hydrogens is 306 g/mol. The minimum Gasteiger partial charge on any atom is -0.454 e. The Bertz CT molecular complexity index is 696. The Morgan fingerprint density at radius 3 is 2.35 bits per heavy atom. The highest BCUT2D eigenvalue weighted by Gasteiger charge is 2.18. The Hall–Kier alpha value is -2.76. The van der Waals surface area contributed by atoms with Gasteiger partial charge in [-0.2, -0.15) is 8.78 Å². The van der Waals surface area contributed by atoms with Crippen LogP contribution in [0.2, 0.25) is 0 Å². The first-order chi connectivity index (χ1) is 11.0. The number of aryl methyl sites for hydroxylation is 1. The number of benzene rings is 2. The molecule has 120 valence electrons. The second-order valence-corrected chi connectivity index (χ2v) is 4.74. The highest BCUT2D eigenvalue weighted by atomic mass is 19.3. The van der Waals surface area contributed by atoms with Crippen LogP contribution in [0.25, 0.3) is 0 Å². The SMILES string of the molecule is Cc1ccc(C(=O)COC(=O)c2ccccc2OC(F)F)cc1. The van der Waals surface area contributed by atoms with Crippen LogP contribution in [0, 0.1) is 6.92 Å². The molecular formula is C17H14F2O4. The van der Waals surface area contributed by atoms with Crippen LogP contribution >= 0.6 is 0 Å². The van der Waals surface area contributed by atoms with E-state index in [0.717, 1.165) is 5.56 Å². The lowest BCUT2D eigenvalue weighted by atomic mass is 10.1. The lowest BCUT2D eigenvalue weighted by Gasteiger charge is -2.10. The molecule has 0 saturated heterocycles. The number of carbonyl (C=O) groups excluding carboxylic acids is 2. The molecule has 0 radical (unpaired) electrons. The predicted octanol–water partition coefficient (Wildman–Crippen LogP) is 3.64. The van der Waals surface area contributed by atoms with Crippen LogP contribution in [-0.4, -0.2) is 25.0 Å². The molecule has 0 atom stereocenters. The second-order valence-electron chi connectivity index (χ2n) is 4.74. The van der Waals surface area contributed by atoms with Crippen molar-refractivity contribution in [2.45, 2.75) is 13.5 Å². The van der Waals surface area contributed by atoms with Gasteiger partial charge in [0.05, 0.1) is 0 Å². The van der Waals surface area contributed by atoms with Crippen LogP contribution < -0.4 is 4.74 Å². The van der Waals surface area contributed by atoms with Crippen LogP contribution in [0.4, 0.5) is 8.78 Å². The Balaban J connectivity index is 2.02. The van der Waals surface area contributed by atoms with Crippen molar-refractivity contribution in [2.24, 2.45) is 0 Å². The molecule has 4 nitrogen and oxygen atoms in total. The molecule has 0 saturated carbocycles.